The maximum absolute atomic E-state index is 11.9. The topological polar surface area (TPSA) is 84.5 Å². The Labute approximate surface area is 117 Å². The lowest BCUT2D eigenvalue weighted by Crippen LogP contribution is -2.28. The van der Waals surface area contributed by atoms with Gasteiger partial charge in [0.1, 0.15) is 5.82 Å². The Bertz CT molecular complexity index is 512. The number of methoxy groups -OCH3 is 2. The summed E-state index contributed by atoms with van der Waals surface area (Å²) in [6, 6.07) is 0. The molecule has 0 aromatic carbocycles. The number of hydrogen-bond donors (Lipinski definition) is 1. The van der Waals surface area contributed by atoms with Crippen LogP contribution in [0.25, 0.3) is 0 Å². The van der Waals surface area contributed by atoms with E-state index in [2.05, 4.69) is 14.7 Å². The number of aromatic amines is 1. The van der Waals surface area contributed by atoms with Gasteiger partial charge < -0.3 is 19.4 Å². The molecule has 1 N–H and O–H groups in total. The van der Waals surface area contributed by atoms with Crippen molar-refractivity contribution in [2.75, 3.05) is 33.9 Å². The first-order valence-electron chi connectivity index (χ1n) is 6.48. The van der Waals surface area contributed by atoms with Crippen LogP contribution in [0, 0.1) is 6.92 Å². The summed E-state index contributed by atoms with van der Waals surface area (Å²) in [5.74, 6) is 0.263. The van der Waals surface area contributed by atoms with Gasteiger partial charge in [-0.05, 0) is 6.92 Å². The second-order valence-corrected chi connectivity index (χ2v) is 4.82. The molecule has 1 aliphatic rings. The number of H-pyrrole nitrogens is 1. The van der Waals surface area contributed by atoms with E-state index in [4.69, 9.17) is 4.74 Å². The Morgan fingerprint density at radius 2 is 2.25 bits per heavy atom. The van der Waals surface area contributed by atoms with Crippen LogP contribution in [0.15, 0.2) is 0 Å². The number of hydrogen-bond acceptors (Lipinski definition) is 5. The van der Waals surface area contributed by atoms with Gasteiger partial charge >= 0.3 is 5.97 Å². The molecule has 20 heavy (non-hydrogen) atoms. The fraction of sp³-hybridized carbons (Fsp3) is 0.615. The highest BCUT2D eigenvalue weighted by molar-refractivity contribution is 5.88. The van der Waals surface area contributed by atoms with Gasteiger partial charge in [-0.25, -0.2) is 9.78 Å². The van der Waals surface area contributed by atoms with Crippen LogP contribution in [0.2, 0.25) is 0 Å². The van der Waals surface area contributed by atoms with Crippen LogP contribution in [0.1, 0.15) is 34.3 Å². The van der Waals surface area contributed by atoms with E-state index in [0.717, 1.165) is 0 Å². The average Bonchev–Trinajstić information content (AvgIpc) is 2.99. The second kappa shape index (κ2) is 6.04. The van der Waals surface area contributed by atoms with Gasteiger partial charge in [0, 0.05) is 38.2 Å². The summed E-state index contributed by atoms with van der Waals surface area (Å²) in [7, 11) is 2.93. The summed E-state index contributed by atoms with van der Waals surface area (Å²) >= 11 is 0. The predicted molar refractivity (Wildman–Crippen MR) is 70.5 cm³/mol. The summed E-state index contributed by atoms with van der Waals surface area (Å²) in [5.41, 5.74) is 0.944. The SMILES string of the molecule is COCCN1C[C@@H](c2nc(C(=O)OC)c(C)[nH]2)CC1=O. The summed E-state index contributed by atoms with van der Waals surface area (Å²) < 4.78 is 9.66. The molecule has 1 fully saturated rings. The molecule has 1 amide bonds. The van der Waals surface area contributed by atoms with Gasteiger partial charge in [-0.1, -0.05) is 0 Å². The Kier molecular flexibility index (Phi) is 4.39. The minimum Gasteiger partial charge on any atom is -0.464 e. The van der Waals surface area contributed by atoms with Crippen molar-refractivity contribution < 1.29 is 19.1 Å². The van der Waals surface area contributed by atoms with Gasteiger partial charge in [-0.2, -0.15) is 0 Å². The zero-order valence-corrected chi connectivity index (χ0v) is 11.9. The highest BCUT2D eigenvalue weighted by Gasteiger charge is 2.33. The van der Waals surface area contributed by atoms with E-state index in [1.54, 1.807) is 18.9 Å². The number of imidazole rings is 1. The number of aromatic nitrogens is 2. The molecule has 0 aliphatic carbocycles. The van der Waals surface area contributed by atoms with Gasteiger partial charge in [0.2, 0.25) is 5.91 Å². The molecule has 110 valence electrons. The molecule has 0 unspecified atom stereocenters. The number of nitrogens with zero attached hydrogens (tertiary/aromatic N) is 2. The molecule has 1 atom stereocenters. The third-order valence-corrected chi connectivity index (χ3v) is 3.45. The Hall–Kier alpha value is -1.89. The fourth-order valence-electron chi connectivity index (χ4n) is 2.35. The zero-order chi connectivity index (χ0) is 14.7. The summed E-state index contributed by atoms with van der Waals surface area (Å²) in [6.45, 7) is 3.45. The smallest absolute Gasteiger partial charge is 0.358 e. The molecule has 0 radical (unpaired) electrons. The number of likely N-dealkylation sites (tertiary alicyclic amines) is 1. The maximum Gasteiger partial charge on any atom is 0.358 e. The van der Waals surface area contributed by atoms with Crippen molar-refractivity contribution in [3.8, 4) is 0 Å². The molecule has 1 saturated heterocycles. The molecule has 2 heterocycles. The van der Waals surface area contributed by atoms with E-state index in [9.17, 15) is 9.59 Å². The molecule has 0 spiro atoms. The predicted octanol–water partition coefficient (Wildman–Crippen LogP) is 0.467. The van der Waals surface area contributed by atoms with Crippen molar-refractivity contribution in [3.63, 3.8) is 0 Å². The van der Waals surface area contributed by atoms with Crippen molar-refractivity contribution >= 4 is 11.9 Å². The number of carbonyl (C=O) groups is 2. The quantitative estimate of drug-likeness (QED) is 0.793. The maximum atomic E-state index is 11.9. The fourth-order valence-corrected chi connectivity index (χ4v) is 2.35. The van der Waals surface area contributed by atoms with Crippen molar-refractivity contribution in [2.24, 2.45) is 0 Å². The number of carbonyl (C=O) groups excluding carboxylic acids is 2. The monoisotopic (exact) mass is 281 g/mol. The number of aryl methyl sites for hydroxylation is 1. The molecule has 7 nitrogen and oxygen atoms in total. The third kappa shape index (κ3) is 2.82. The van der Waals surface area contributed by atoms with Crippen molar-refractivity contribution in [1.82, 2.24) is 14.9 Å². The van der Waals surface area contributed by atoms with Gasteiger partial charge in [-0.3, -0.25) is 4.79 Å². The van der Waals surface area contributed by atoms with Crippen LogP contribution in [0.4, 0.5) is 0 Å². The van der Waals surface area contributed by atoms with Crippen LogP contribution >= 0.6 is 0 Å². The molecule has 0 bridgehead atoms. The lowest BCUT2D eigenvalue weighted by molar-refractivity contribution is -0.128. The van der Waals surface area contributed by atoms with Crippen LogP contribution in [-0.4, -0.2) is 60.7 Å². The normalized spacial score (nSPS) is 18.6. The van der Waals surface area contributed by atoms with E-state index >= 15 is 0 Å². The number of amides is 1. The number of nitrogens with one attached hydrogen (secondary N) is 1. The first-order chi connectivity index (χ1) is 9.56. The average molecular weight is 281 g/mol. The Morgan fingerprint density at radius 3 is 2.90 bits per heavy atom. The number of ether oxygens (including phenoxy) is 2. The molecule has 1 aromatic rings. The molecule has 2 rings (SSSR count). The van der Waals surface area contributed by atoms with Crippen LogP contribution in [0.3, 0.4) is 0 Å². The first kappa shape index (κ1) is 14.5. The number of rotatable bonds is 5. The lowest BCUT2D eigenvalue weighted by Gasteiger charge is -2.15. The highest BCUT2D eigenvalue weighted by atomic mass is 16.5. The number of esters is 1. The van der Waals surface area contributed by atoms with Crippen LogP contribution < -0.4 is 0 Å². The van der Waals surface area contributed by atoms with E-state index in [-0.39, 0.29) is 17.5 Å². The molecule has 1 aromatic heterocycles. The van der Waals surface area contributed by atoms with Gasteiger partial charge in [-0.15, -0.1) is 0 Å². The Morgan fingerprint density at radius 1 is 1.50 bits per heavy atom. The lowest BCUT2D eigenvalue weighted by atomic mass is 10.1. The third-order valence-electron chi connectivity index (χ3n) is 3.45. The highest BCUT2D eigenvalue weighted by Crippen LogP contribution is 2.26. The van der Waals surface area contributed by atoms with E-state index in [1.165, 1.54) is 7.11 Å². The van der Waals surface area contributed by atoms with Gasteiger partial charge in [0.05, 0.1) is 13.7 Å². The minimum absolute atomic E-state index is 0.0172. The van der Waals surface area contributed by atoms with Gasteiger partial charge in [0.15, 0.2) is 5.69 Å². The van der Waals surface area contributed by atoms with Crippen LogP contribution in [-0.2, 0) is 14.3 Å². The van der Waals surface area contributed by atoms with Gasteiger partial charge in [0.25, 0.3) is 0 Å². The Balaban J connectivity index is 2.10. The van der Waals surface area contributed by atoms with E-state index < -0.39 is 5.97 Å². The van der Waals surface area contributed by atoms with Crippen molar-refractivity contribution in [3.05, 3.63) is 17.2 Å². The van der Waals surface area contributed by atoms with E-state index in [1.807, 2.05) is 0 Å². The molecule has 7 heteroatoms. The second-order valence-electron chi connectivity index (χ2n) is 4.82. The van der Waals surface area contributed by atoms with Crippen molar-refractivity contribution in [1.29, 1.82) is 0 Å². The molecular formula is C13H19N3O4. The summed E-state index contributed by atoms with van der Waals surface area (Å²) in [6.07, 6.45) is 0.400. The van der Waals surface area contributed by atoms with E-state index in [0.29, 0.717) is 37.6 Å². The summed E-state index contributed by atoms with van der Waals surface area (Å²) in [4.78, 5) is 32.5. The largest absolute Gasteiger partial charge is 0.464 e. The zero-order valence-electron chi connectivity index (χ0n) is 11.9. The minimum atomic E-state index is -0.467. The molecular weight excluding hydrogens is 262 g/mol. The van der Waals surface area contributed by atoms with Crippen molar-refractivity contribution in [2.45, 2.75) is 19.3 Å². The summed E-state index contributed by atoms with van der Waals surface area (Å²) in [5, 5.41) is 0. The first-order valence-corrected chi connectivity index (χ1v) is 6.48. The molecule has 1 aliphatic heterocycles. The standard InChI is InChI=1S/C13H19N3O4/c1-8-11(13(18)20-3)15-12(14-8)9-6-10(17)16(7-9)4-5-19-2/h9H,4-7H2,1-3H3,(H,14,15)/t9-/m0/s1. The van der Waals surface area contributed by atoms with Crippen LogP contribution in [0.5, 0.6) is 0 Å². The molecule has 0 saturated carbocycles.